The average Bonchev–Trinajstić information content (AvgIpc) is 3.14. The molecular weight excluding hydrogens is 362 g/mol. The van der Waals surface area contributed by atoms with Crippen molar-refractivity contribution in [3.05, 3.63) is 72.1 Å². The Kier molecular flexibility index (Phi) is 4.21. The van der Waals surface area contributed by atoms with Crippen LogP contribution in [0.2, 0.25) is 0 Å². The van der Waals surface area contributed by atoms with Crippen LogP contribution >= 0.6 is 0 Å². The Balaban J connectivity index is 1.80. The highest BCUT2D eigenvalue weighted by atomic mass is 16.4. The Morgan fingerprint density at radius 3 is 2.57 bits per heavy atom. The van der Waals surface area contributed by atoms with Gasteiger partial charge in [-0.2, -0.15) is 0 Å². The maximum atomic E-state index is 12.5. The lowest BCUT2D eigenvalue weighted by Gasteiger charge is -2.10. The number of phenolic OH excluding ortho intramolecular Hbond substituents is 1. The molecule has 4 rings (SSSR count). The number of nitrogens with one attached hydrogen (secondary N) is 1. The molecule has 0 aliphatic heterocycles. The van der Waals surface area contributed by atoms with E-state index in [1.54, 1.807) is 36.4 Å². The van der Waals surface area contributed by atoms with E-state index in [0.29, 0.717) is 5.56 Å². The number of hydrogen-bond donors (Lipinski definition) is 3. The summed E-state index contributed by atoms with van der Waals surface area (Å²) in [6.45, 7) is 0. The molecular formula is C20H13N3O5. The number of carbonyl (C=O) groups is 2. The van der Waals surface area contributed by atoms with Crippen molar-refractivity contribution in [2.45, 2.75) is 0 Å². The zero-order valence-corrected chi connectivity index (χ0v) is 14.3. The maximum absolute atomic E-state index is 12.5. The summed E-state index contributed by atoms with van der Waals surface area (Å²) in [7, 11) is 0. The number of rotatable bonds is 4. The Morgan fingerprint density at radius 1 is 1.00 bits per heavy atom. The standard InChI is InChI=1S/C20H13N3O5/c24-14-8-3-5-11(16(14)22-18(25)13-7-1-2-10-21-13)19-23-17-12(20(26)27)6-4-9-15(17)28-19/h1-10,24H,(H,22,25)(H,26,27). The van der Waals surface area contributed by atoms with Crippen molar-refractivity contribution in [3.8, 4) is 17.2 Å². The van der Waals surface area contributed by atoms with E-state index in [1.165, 1.54) is 24.4 Å². The fourth-order valence-corrected chi connectivity index (χ4v) is 2.76. The van der Waals surface area contributed by atoms with E-state index >= 15 is 0 Å². The summed E-state index contributed by atoms with van der Waals surface area (Å²) >= 11 is 0. The van der Waals surface area contributed by atoms with Crippen LogP contribution in [0.3, 0.4) is 0 Å². The summed E-state index contributed by atoms with van der Waals surface area (Å²) < 4.78 is 5.68. The summed E-state index contributed by atoms with van der Waals surface area (Å²) in [6.07, 6.45) is 1.48. The minimum Gasteiger partial charge on any atom is -0.506 e. The first-order valence-electron chi connectivity index (χ1n) is 8.22. The van der Waals surface area contributed by atoms with Crippen LogP contribution in [0.4, 0.5) is 5.69 Å². The quantitative estimate of drug-likeness (QED) is 0.466. The predicted molar refractivity (Wildman–Crippen MR) is 100 cm³/mol. The number of fused-ring (bicyclic) bond motifs is 1. The molecule has 0 saturated heterocycles. The zero-order valence-electron chi connectivity index (χ0n) is 14.3. The average molecular weight is 375 g/mol. The third-order valence-electron chi connectivity index (χ3n) is 4.06. The molecule has 0 atom stereocenters. The number of carboxylic acid groups (broad SMARTS) is 1. The molecule has 0 aliphatic rings. The van der Waals surface area contributed by atoms with E-state index in [4.69, 9.17) is 4.42 Å². The van der Waals surface area contributed by atoms with Gasteiger partial charge in [-0.05, 0) is 36.4 Å². The molecule has 0 bridgehead atoms. The second kappa shape index (κ2) is 6.84. The van der Waals surface area contributed by atoms with Crippen molar-refractivity contribution in [3.63, 3.8) is 0 Å². The van der Waals surface area contributed by atoms with Crippen molar-refractivity contribution in [2.75, 3.05) is 5.32 Å². The van der Waals surface area contributed by atoms with Crippen LogP contribution in [0, 0.1) is 0 Å². The van der Waals surface area contributed by atoms with Gasteiger partial charge in [-0.3, -0.25) is 9.78 Å². The van der Waals surface area contributed by atoms with E-state index < -0.39 is 11.9 Å². The maximum Gasteiger partial charge on any atom is 0.338 e. The van der Waals surface area contributed by atoms with Crippen LogP contribution in [0.5, 0.6) is 5.75 Å². The number of anilines is 1. The highest BCUT2D eigenvalue weighted by Crippen LogP contribution is 2.36. The number of pyridine rings is 1. The molecule has 0 fully saturated rings. The van der Waals surface area contributed by atoms with E-state index in [-0.39, 0.29) is 39.7 Å². The van der Waals surface area contributed by atoms with Gasteiger partial charge in [0.05, 0.1) is 16.8 Å². The summed E-state index contributed by atoms with van der Waals surface area (Å²) in [5.41, 5.74) is 1.00. The summed E-state index contributed by atoms with van der Waals surface area (Å²) in [6, 6.07) is 14.0. The number of benzene rings is 2. The molecule has 0 saturated carbocycles. The van der Waals surface area contributed by atoms with Gasteiger partial charge in [0.25, 0.3) is 5.91 Å². The van der Waals surface area contributed by atoms with E-state index in [9.17, 15) is 19.8 Å². The molecule has 28 heavy (non-hydrogen) atoms. The molecule has 4 aromatic rings. The van der Waals surface area contributed by atoms with Crippen LogP contribution in [0.1, 0.15) is 20.8 Å². The number of para-hydroxylation sites is 2. The van der Waals surface area contributed by atoms with Gasteiger partial charge >= 0.3 is 5.97 Å². The molecule has 2 aromatic carbocycles. The third kappa shape index (κ3) is 3.03. The first-order chi connectivity index (χ1) is 13.5. The van der Waals surface area contributed by atoms with Gasteiger partial charge in [-0.1, -0.05) is 18.2 Å². The van der Waals surface area contributed by atoms with Gasteiger partial charge in [0.1, 0.15) is 17.0 Å². The highest BCUT2D eigenvalue weighted by Gasteiger charge is 2.20. The van der Waals surface area contributed by atoms with Gasteiger partial charge in [0, 0.05) is 6.20 Å². The number of amides is 1. The van der Waals surface area contributed by atoms with E-state index in [0.717, 1.165) is 0 Å². The predicted octanol–water partition coefficient (Wildman–Crippen LogP) is 3.55. The first-order valence-corrected chi connectivity index (χ1v) is 8.22. The van der Waals surface area contributed by atoms with Gasteiger partial charge in [-0.25, -0.2) is 9.78 Å². The van der Waals surface area contributed by atoms with Crippen LogP contribution < -0.4 is 5.32 Å². The Bertz CT molecular complexity index is 1200. The molecule has 0 unspecified atom stereocenters. The van der Waals surface area contributed by atoms with Gasteiger partial charge in [0.2, 0.25) is 5.89 Å². The number of aromatic nitrogens is 2. The van der Waals surface area contributed by atoms with Crippen LogP contribution in [0.25, 0.3) is 22.6 Å². The molecule has 0 radical (unpaired) electrons. The Hall–Kier alpha value is -4.20. The van der Waals surface area contributed by atoms with Crippen molar-refractivity contribution in [1.82, 2.24) is 9.97 Å². The minimum absolute atomic E-state index is 0.00766. The fourth-order valence-electron chi connectivity index (χ4n) is 2.76. The molecule has 2 aromatic heterocycles. The van der Waals surface area contributed by atoms with Crippen molar-refractivity contribution < 1.29 is 24.2 Å². The zero-order chi connectivity index (χ0) is 19.7. The molecule has 0 aliphatic carbocycles. The summed E-state index contributed by atoms with van der Waals surface area (Å²) in [4.78, 5) is 32.1. The van der Waals surface area contributed by atoms with Crippen molar-refractivity contribution >= 4 is 28.7 Å². The van der Waals surface area contributed by atoms with Crippen LogP contribution in [-0.4, -0.2) is 32.1 Å². The number of oxazole rings is 1. The summed E-state index contributed by atoms with van der Waals surface area (Å²) in [5, 5.41) is 22.2. The van der Waals surface area contributed by atoms with Gasteiger partial charge < -0.3 is 19.9 Å². The smallest absolute Gasteiger partial charge is 0.338 e. The number of carboxylic acids is 1. The normalized spacial score (nSPS) is 10.7. The molecule has 1 amide bonds. The minimum atomic E-state index is -1.13. The second-order valence-electron chi connectivity index (χ2n) is 5.85. The monoisotopic (exact) mass is 375 g/mol. The van der Waals surface area contributed by atoms with Crippen LogP contribution in [0.15, 0.2) is 65.2 Å². The van der Waals surface area contributed by atoms with Gasteiger partial charge in [-0.15, -0.1) is 0 Å². The van der Waals surface area contributed by atoms with Gasteiger partial charge in [0.15, 0.2) is 5.58 Å². The Morgan fingerprint density at radius 2 is 1.82 bits per heavy atom. The lowest BCUT2D eigenvalue weighted by Crippen LogP contribution is -2.14. The lowest BCUT2D eigenvalue weighted by atomic mass is 10.1. The first kappa shape index (κ1) is 17.2. The number of hydrogen-bond acceptors (Lipinski definition) is 6. The fraction of sp³-hybridized carbons (Fsp3) is 0. The van der Waals surface area contributed by atoms with Crippen molar-refractivity contribution in [2.24, 2.45) is 0 Å². The Labute approximate surface area is 158 Å². The molecule has 8 heteroatoms. The molecule has 8 nitrogen and oxygen atoms in total. The third-order valence-corrected chi connectivity index (χ3v) is 4.06. The summed E-state index contributed by atoms with van der Waals surface area (Å²) in [5.74, 6) is -1.78. The molecule has 0 spiro atoms. The van der Waals surface area contributed by atoms with E-state index in [2.05, 4.69) is 15.3 Å². The topological polar surface area (TPSA) is 126 Å². The number of carbonyl (C=O) groups excluding carboxylic acids is 1. The SMILES string of the molecule is O=C(Nc1c(O)cccc1-c1nc2c(C(=O)O)cccc2o1)c1ccccn1. The lowest BCUT2D eigenvalue weighted by molar-refractivity contribution is 0.0698. The molecule has 2 heterocycles. The molecule has 3 N–H and O–H groups in total. The van der Waals surface area contributed by atoms with Crippen LogP contribution in [-0.2, 0) is 0 Å². The number of nitrogens with zero attached hydrogens (tertiary/aromatic N) is 2. The van der Waals surface area contributed by atoms with E-state index in [1.807, 2.05) is 0 Å². The second-order valence-corrected chi connectivity index (χ2v) is 5.85. The van der Waals surface area contributed by atoms with Crippen molar-refractivity contribution in [1.29, 1.82) is 0 Å². The number of aromatic carboxylic acids is 1. The number of phenols is 1. The number of aromatic hydroxyl groups is 1. The highest BCUT2D eigenvalue weighted by molar-refractivity contribution is 6.06. The largest absolute Gasteiger partial charge is 0.506 e. The molecule has 138 valence electrons.